The van der Waals surface area contributed by atoms with Gasteiger partial charge in [-0.25, -0.2) is 0 Å². The summed E-state index contributed by atoms with van der Waals surface area (Å²) in [4.78, 5) is 0. The molecular weight excluding hydrogens is 274 g/mol. The second-order valence-electron chi connectivity index (χ2n) is 2.41. The summed E-state index contributed by atoms with van der Waals surface area (Å²) >= 11 is 2.11. The van der Waals surface area contributed by atoms with E-state index in [1.807, 2.05) is 0 Å². The van der Waals surface area contributed by atoms with Gasteiger partial charge in [0.1, 0.15) is 0 Å². The SMILES string of the molecule is [Os]=[C]1CCCCCC1. The first-order valence-electron chi connectivity index (χ1n) is 3.38. The molecule has 0 radical (unpaired) electrons. The standard InChI is InChI=1S/C7H12.Os/c1-2-4-6-7-5-3-1;/h1-6H2;. The Balaban J connectivity index is 2.27. The van der Waals surface area contributed by atoms with Gasteiger partial charge in [0.2, 0.25) is 0 Å². The molecule has 1 heteroatoms. The molecule has 0 aromatic heterocycles. The maximum absolute atomic E-state index is 2.11. The Labute approximate surface area is 61.1 Å². The third kappa shape index (κ3) is 2.18. The van der Waals surface area contributed by atoms with Crippen LogP contribution < -0.4 is 0 Å². The van der Waals surface area contributed by atoms with Gasteiger partial charge < -0.3 is 0 Å². The van der Waals surface area contributed by atoms with Crippen molar-refractivity contribution >= 4 is 4.07 Å². The fraction of sp³-hybridized carbons (Fsp3) is 0.857. The average molecular weight is 286 g/mol. The number of hydrogen-bond donors (Lipinski definition) is 0. The van der Waals surface area contributed by atoms with Crippen LogP contribution in [0.15, 0.2) is 0 Å². The molecule has 1 rings (SSSR count). The van der Waals surface area contributed by atoms with Gasteiger partial charge in [0.25, 0.3) is 0 Å². The summed E-state index contributed by atoms with van der Waals surface area (Å²) < 4.78 is 1.75. The van der Waals surface area contributed by atoms with Crippen molar-refractivity contribution in [1.29, 1.82) is 0 Å². The van der Waals surface area contributed by atoms with E-state index in [0.29, 0.717) is 0 Å². The Bertz CT molecular complexity index is 76.4. The molecule has 0 spiro atoms. The Hall–Kier alpha value is 0.506. The molecule has 1 saturated carbocycles. The summed E-state index contributed by atoms with van der Waals surface area (Å²) in [5.41, 5.74) is 0. The molecule has 1 fully saturated rings. The van der Waals surface area contributed by atoms with Crippen molar-refractivity contribution < 1.29 is 18.1 Å². The minimum atomic E-state index is 1.42. The Morgan fingerprint density at radius 2 is 1.38 bits per heavy atom. The fourth-order valence-corrected chi connectivity index (χ4v) is 2.00. The van der Waals surface area contributed by atoms with Crippen LogP contribution in [0.25, 0.3) is 0 Å². The average Bonchev–Trinajstić information content (AvgIpc) is 1.94. The van der Waals surface area contributed by atoms with Gasteiger partial charge in [-0.3, -0.25) is 0 Å². The van der Waals surface area contributed by atoms with Crippen LogP contribution in [0.1, 0.15) is 38.5 Å². The Morgan fingerprint density at radius 3 is 1.88 bits per heavy atom. The number of rotatable bonds is 0. The first-order chi connectivity index (χ1) is 3.89. The van der Waals surface area contributed by atoms with Gasteiger partial charge in [-0.05, 0) is 0 Å². The van der Waals surface area contributed by atoms with Crippen LogP contribution in [0.5, 0.6) is 0 Å². The van der Waals surface area contributed by atoms with Crippen molar-refractivity contribution in [3.63, 3.8) is 0 Å². The van der Waals surface area contributed by atoms with Crippen molar-refractivity contribution in [1.82, 2.24) is 0 Å². The zero-order valence-electron chi connectivity index (χ0n) is 5.10. The zero-order chi connectivity index (χ0) is 5.82. The summed E-state index contributed by atoms with van der Waals surface area (Å²) in [7, 11) is 0. The predicted molar refractivity (Wildman–Crippen MR) is 32.7 cm³/mol. The second-order valence-corrected chi connectivity index (χ2v) is 4.21. The van der Waals surface area contributed by atoms with Gasteiger partial charge in [0.15, 0.2) is 0 Å². The Morgan fingerprint density at radius 1 is 0.875 bits per heavy atom. The first kappa shape index (κ1) is 6.62. The second kappa shape index (κ2) is 3.52. The maximum atomic E-state index is 2.11. The molecule has 1 aliphatic carbocycles. The monoisotopic (exact) mass is 288 g/mol. The summed E-state index contributed by atoms with van der Waals surface area (Å²) in [5, 5.41) is 0. The van der Waals surface area contributed by atoms with Crippen molar-refractivity contribution in [3.8, 4) is 0 Å². The van der Waals surface area contributed by atoms with Gasteiger partial charge in [-0.15, -0.1) is 0 Å². The molecule has 0 atom stereocenters. The van der Waals surface area contributed by atoms with Crippen molar-refractivity contribution in [2.45, 2.75) is 38.5 Å². The topological polar surface area (TPSA) is 0 Å². The fourth-order valence-electron chi connectivity index (χ4n) is 1.10. The van der Waals surface area contributed by atoms with E-state index in [-0.39, 0.29) is 0 Å². The summed E-state index contributed by atoms with van der Waals surface area (Å²) in [6.45, 7) is 0. The third-order valence-electron chi connectivity index (χ3n) is 1.63. The van der Waals surface area contributed by atoms with Crippen LogP contribution in [0, 0.1) is 0 Å². The van der Waals surface area contributed by atoms with Crippen LogP contribution >= 0.6 is 0 Å². The molecule has 0 bridgehead atoms. The summed E-state index contributed by atoms with van der Waals surface area (Å²) in [6, 6.07) is 0. The normalized spacial score (nSPS) is 22.9. The van der Waals surface area contributed by atoms with Gasteiger partial charge in [-0.1, -0.05) is 0 Å². The molecule has 0 aliphatic heterocycles. The van der Waals surface area contributed by atoms with Gasteiger partial charge in [0, 0.05) is 0 Å². The van der Waals surface area contributed by atoms with E-state index < -0.39 is 0 Å². The molecule has 0 aromatic rings. The van der Waals surface area contributed by atoms with E-state index in [1.54, 1.807) is 4.07 Å². The van der Waals surface area contributed by atoms with E-state index in [2.05, 4.69) is 18.1 Å². The zero-order valence-corrected chi connectivity index (χ0v) is 7.64. The van der Waals surface area contributed by atoms with E-state index in [0.717, 1.165) is 0 Å². The molecule has 8 heavy (non-hydrogen) atoms. The molecule has 1 aliphatic rings. The molecule has 0 amide bonds. The van der Waals surface area contributed by atoms with Crippen LogP contribution in [-0.2, 0) is 18.1 Å². The summed E-state index contributed by atoms with van der Waals surface area (Å²) in [6.07, 6.45) is 8.69. The summed E-state index contributed by atoms with van der Waals surface area (Å²) in [5.74, 6) is 0. The van der Waals surface area contributed by atoms with E-state index in [1.165, 1.54) is 38.5 Å². The molecule has 0 nitrogen and oxygen atoms in total. The van der Waals surface area contributed by atoms with Gasteiger partial charge >= 0.3 is 60.7 Å². The van der Waals surface area contributed by atoms with Gasteiger partial charge in [0.05, 0.1) is 0 Å². The van der Waals surface area contributed by atoms with E-state index >= 15 is 0 Å². The van der Waals surface area contributed by atoms with Crippen molar-refractivity contribution in [3.05, 3.63) is 0 Å². The molecule has 48 valence electrons. The number of hydrogen-bond acceptors (Lipinski definition) is 0. The molecule has 0 aromatic carbocycles. The molecule has 0 heterocycles. The van der Waals surface area contributed by atoms with Crippen molar-refractivity contribution in [2.75, 3.05) is 0 Å². The van der Waals surface area contributed by atoms with Crippen LogP contribution in [-0.4, -0.2) is 4.07 Å². The van der Waals surface area contributed by atoms with Crippen LogP contribution in [0.2, 0.25) is 0 Å². The van der Waals surface area contributed by atoms with E-state index in [4.69, 9.17) is 0 Å². The van der Waals surface area contributed by atoms with E-state index in [9.17, 15) is 0 Å². The molecular formula is C7H12Os. The van der Waals surface area contributed by atoms with Gasteiger partial charge in [-0.2, -0.15) is 0 Å². The third-order valence-corrected chi connectivity index (χ3v) is 2.90. The van der Waals surface area contributed by atoms with Crippen LogP contribution in [0.3, 0.4) is 0 Å². The molecule has 0 unspecified atom stereocenters. The molecule has 0 N–H and O–H groups in total. The predicted octanol–water partition coefficient (Wildman–Crippen LogP) is 2.06. The quantitative estimate of drug-likeness (QED) is 0.598. The first-order valence-corrected chi connectivity index (χ1v) is 4.65. The Kier molecular flexibility index (Phi) is 2.91. The molecule has 0 saturated heterocycles. The van der Waals surface area contributed by atoms with Crippen molar-refractivity contribution in [2.24, 2.45) is 0 Å². The minimum absolute atomic E-state index is 1.42. The van der Waals surface area contributed by atoms with Crippen LogP contribution in [0.4, 0.5) is 0 Å².